The Labute approximate surface area is 414 Å². The molecule has 0 aromatic heterocycles. The first kappa shape index (κ1) is 63.9. The lowest BCUT2D eigenvalue weighted by molar-refractivity contribution is -0.870. The Morgan fingerprint density at radius 2 is 0.809 bits per heavy atom. The molecule has 0 saturated heterocycles. The van der Waals surface area contributed by atoms with Crippen LogP contribution in [0.2, 0.25) is 0 Å². The van der Waals surface area contributed by atoms with Gasteiger partial charge in [0.05, 0.1) is 27.7 Å². The highest BCUT2D eigenvalue weighted by molar-refractivity contribution is 7.45. The molecule has 0 fully saturated rings. The van der Waals surface area contributed by atoms with Crippen molar-refractivity contribution in [2.45, 2.75) is 161 Å². The van der Waals surface area contributed by atoms with Gasteiger partial charge in [-0.15, -0.1) is 0 Å². The number of unbranched alkanes of at least 4 members (excludes halogenated alkanes) is 6. The molecule has 68 heavy (non-hydrogen) atoms. The zero-order chi connectivity index (χ0) is 49.9. The molecule has 0 saturated carbocycles. The van der Waals surface area contributed by atoms with E-state index < -0.39 is 32.5 Å². The molecule has 0 N–H and O–H groups in total. The van der Waals surface area contributed by atoms with Gasteiger partial charge in [0.2, 0.25) is 0 Å². The summed E-state index contributed by atoms with van der Waals surface area (Å²) in [6.07, 6.45) is 70.3. The summed E-state index contributed by atoms with van der Waals surface area (Å²) in [4.78, 5) is 37.7. The molecule has 2 atom stereocenters. The average Bonchev–Trinajstić information content (AvgIpc) is 3.30. The maximum absolute atomic E-state index is 12.7. The molecule has 9 nitrogen and oxygen atoms in total. The summed E-state index contributed by atoms with van der Waals surface area (Å²) in [5.41, 5.74) is 0. The van der Waals surface area contributed by atoms with Crippen LogP contribution < -0.4 is 4.89 Å². The first-order valence-electron chi connectivity index (χ1n) is 25.5. The van der Waals surface area contributed by atoms with Gasteiger partial charge in [-0.25, -0.2) is 0 Å². The molecule has 10 heteroatoms. The fourth-order valence-corrected chi connectivity index (χ4v) is 6.69. The van der Waals surface area contributed by atoms with Crippen molar-refractivity contribution in [1.29, 1.82) is 0 Å². The Morgan fingerprint density at radius 3 is 1.22 bits per heavy atom. The van der Waals surface area contributed by atoms with E-state index in [9.17, 15) is 19.0 Å². The zero-order valence-electron chi connectivity index (χ0n) is 43.0. The second-order valence-electron chi connectivity index (χ2n) is 17.4. The maximum atomic E-state index is 12.7. The van der Waals surface area contributed by atoms with Crippen molar-refractivity contribution in [3.8, 4) is 0 Å². The molecule has 2 unspecified atom stereocenters. The number of ether oxygens (including phenoxy) is 2. The summed E-state index contributed by atoms with van der Waals surface area (Å²) in [5, 5.41) is 0. The lowest BCUT2D eigenvalue weighted by Gasteiger charge is -2.28. The topological polar surface area (TPSA) is 111 Å². The van der Waals surface area contributed by atoms with Gasteiger partial charge in [0.15, 0.2) is 6.10 Å². The van der Waals surface area contributed by atoms with Gasteiger partial charge in [-0.2, -0.15) is 0 Å². The van der Waals surface area contributed by atoms with Crippen LogP contribution in [0.4, 0.5) is 0 Å². The molecular formula is C58H92NO8P. The molecule has 0 aliphatic heterocycles. The average molecular weight is 962 g/mol. The van der Waals surface area contributed by atoms with Gasteiger partial charge >= 0.3 is 11.9 Å². The number of esters is 2. The van der Waals surface area contributed by atoms with Crippen molar-refractivity contribution in [2.24, 2.45) is 0 Å². The molecule has 0 spiro atoms. The van der Waals surface area contributed by atoms with Crippen LogP contribution in [0, 0.1) is 0 Å². The Kier molecular flexibility index (Phi) is 45.0. The molecule has 0 radical (unpaired) electrons. The Bertz CT molecular complexity index is 1650. The SMILES string of the molecule is CC/C=C\C/C=C\C/C=C\C/C=C\C/C=C\C/C=C\C/C=C\CCCCCCCC(=O)OC(COC(=O)CCC/C=C\C/C=C\C/C=C\C/C=C\C/C=C\CC)COP(=O)([O-])OCC[N+](C)(C)C. The number of nitrogens with zero attached hydrogens (tertiary/aromatic N) is 1. The standard InChI is InChI=1S/C58H92NO8P/c1-6-8-10-12-14-16-18-20-22-24-25-26-27-28-29-30-31-32-33-35-37-39-41-43-45-47-49-51-58(61)67-56(55-66-68(62,63)65-53-52-59(3,4)5)54-64-57(60)50-48-46-44-42-40-38-36-34-23-21-19-17-15-13-11-9-7-2/h8-11,14-17,20-23,25-26,28-29,31-32,35-38,42,44,56H,6-7,12-13,18-19,24,27,30,33-34,39-41,43,45-55H2,1-5H3/b10-8-,11-9-,16-14-,17-15-,22-20-,23-21-,26-25-,29-28-,32-31-,37-35-,38-36-,44-42-. The van der Waals surface area contributed by atoms with Gasteiger partial charge in [0, 0.05) is 12.8 Å². The Hall–Kier alpha value is -4.11. The van der Waals surface area contributed by atoms with Crippen molar-refractivity contribution in [3.05, 3.63) is 146 Å². The lowest BCUT2D eigenvalue weighted by atomic mass is 10.1. The van der Waals surface area contributed by atoms with Crippen molar-refractivity contribution >= 4 is 19.8 Å². The molecule has 0 heterocycles. The summed E-state index contributed by atoms with van der Waals surface area (Å²) in [7, 11) is 1.09. The minimum absolute atomic E-state index is 0.0534. The predicted octanol–water partition coefficient (Wildman–Crippen LogP) is 14.9. The van der Waals surface area contributed by atoms with E-state index in [-0.39, 0.29) is 26.1 Å². The number of allylic oxidation sites excluding steroid dienone is 24. The Balaban J connectivity index is 4.41. The lowest BCUT2D eigenvalue weighted by Crippen LogP contribution is -2.37. The molecule has 0 aliphatic rings. The number of quaternary nitrogens is 1. The smallest absolute Gasteiger partial charge is 0.306 e. The highest BCUT2D eigenvalue weighted by Gasteiger charge is 2.21. The monoisotopic (exact) mass is 962 g/mol. The van der Waals surface area contributed by atoms with Gasteiger partial charge < -0.3 is 27.9 Å². The second-order valence-corrected chi connectivity index (χ2v) is 18.8. The van der Waals surface area contributed by atoms with Crippen LogP contribution in [0.3, 0.4) is 0 Å². The van der Waals surface area contributed by atoms with Crippen LogP contribution in [0.1, 0.15) is 155 Å². The van der Waals surface area contributed by atoms with Gasteiger partial charge in [-0.3, -0.25) is 14.2 Å². The second kappa shape index (κ2) is 47.9. The van der Waals surface area contributed by atoms with Crippen LogP contribution in [-0.4, -0.2) is 70.0 Å². The summed E-state index contributed by atoms with van der Waals surface area (Å²) in [6, 6.07) is 0. The third-order valence-corrected chi connectivity index (χ3v) is 10.8. The van der Waals surface area contributed by atoms with Crippen LogP contribution in [0.25, 0.3) is 0 Å². The highest BCUT2D eigenvalue weighted by Crippen LogP contribution is 2.38. The van der Waals surface area contributed by atoms with E-state index in [4.69, 9.17) is 18.5 Å². The number of rotatable bonds is 44. The third kappa shape index (κ3) is 51.3. The van der Waals surface area contributed by atoms with Crippen molar-refractivity contribution < 1.29 is 42.1 Å². The number of carbonyl (C=O) groups is 2. The normalized spacial score (nSPS) is 14.6. The van der Waals surface area contributed by atoms with Crippen LogP contribution in [-0.2, 0) is 32.7 Å². The summed E-state index contributed by atoms with van der Waals surface area (Å²) >= 11 is 0. The first-order valence-corrected chi connectivity index (χ1v) is 27.0. The van der Waals surface area contributed by atoms with E-state index >= 15 is 0 Å². The molecule has 0 rings (SSSR count). The van der Waals surface area contributed by atoms with E-state index in [1.54, 1.807) is 0 Å². The molecule has 0 aliphatic carbocycles. The number of carbonyl (C=O) groups excluding carboxylic acids is 2. The molecule has 0 aromatic carbocycles. The summed E-state index contributed by atoms with van der Waals surface area (Å²) < 4.78 is 33.9. The molecule has 0 aromatic rings. The van der Waals surface area contributed by atoms with Crippen molar-refractivity contribution in [1.82, 2.24) is 0 Å². The summed E-state index contributed by atoms with van der Waals surface area (Å²) in [6.45, 7) is 3.88. The number of phosphoric acid groups is 1. The fraction of sp³-hybridized carbons (Fsp3) is 0.552. The number of likely N-dealkylation sites (N-methyl/N-ethyl adjacent to an activating group) is 1. The number of hydrogen-bond acceptors (Lipinski definition) is 8. The van der Waals surface area contributed by atoms with Crippen LogP contribution >= 0.6 is 7.82 Å². The van der Waals surface area contributed by atoms with Gasteiger partial charge in [0.25, 0.3) is 7.82 Å². The molecule has 0 bridgehead atoms. The van der Waals surface area contributed by atoms with Crippen LogP contribution in [0.5, 0.6) is 0 Å². The fourth-order valence-electron chi connectivity index (χ4n) is 5.96. The van der Waals surface area contributed by atoms with E-state index in [2.05, 4.69) is 154 Å². The van der Waals surface area contributed by atoms with Crippen molar-refractivity contribution in [2.75, 3.05) is 47.5 Å². The highest BCUT2D eigenvalue weighted by atomic mass is 31.2. The molecule has 0 amide bonds. The van der Waals surface area contributed by atoms with Crippen molar-refractivity contribution in [3.63, 3.8) is 0 Å². The van der Waals surface area contributed by atoms with Crippen LogP contribution in [0.15, 0.2) is 146 Å². The van der Waals surface area contributed by atoms with Gasteiger partial charge in [0.1, 0.15) is 19.8 Å². The third-order valence-electron chi connectivity index (χ3n) is 9.85. The van der Waals surface area contributed by atoms with Gasteiger partial charge in [-0.1, -0.05) is 179 Å². The Morgan fingerprint density at radius 1 is 0.456 bits per heavy atom. The minimum atomic E-state index is -4.66. The van der Waals surface area contributed by atoms with E-state index in [1.165, 1.54) is 0 Å². The van der Waals surface area contributed by atoms with Gasteiger partial charge in [-0.05, 0) is 109 Å². The largest absolute Gasteiger partial charge is 0.756 e. The predicted molar refractivity (Wildman–Crippen MR) is 286 cm³/mol. The number of hydrogen-bond donors (Lipinski definition) is 0. The molecule has 382 valence electrons. The first-order chi connectivity index (χ1) is 33.0. The van der Waals surface area contributed by atoms with E-state index in [0.717, 1.165) is 116 Å². The number of phosphoric ester groups is 1. The minimum Gasteiger partial charge on any atom is -0.756 e. The molecular weight excluding hydrogens is 870 g/mol. The zero-order valence-corrected chi connectivity index (χ0v) is 43.9. The van der Waals surface area contributed by atoms with E-state index in [0.29, 0.717) is 23.9 Å². The maximum Gasteiger partial charge on any atom is 0.306 e. The van der Waals surface area contributed by atoms with E-state index in [1.807, 2.05) is 27.2 Å². The quantitative estimate of drug-likeness (QED) is 0.0195. The summed E-state index contributed by atoms with van der Waals surface area (Å²) in [5.74, 6) is -0.941.